The van der Waals surface area contributed by atoms with Gasteiger partial charge in [-0.1, -0.05) is 0 Å². The van der Waals surface area contributed by atoms with Crippen LogP contribution in [0.2, 0.25) is 0 Å². The van der Waals surface area contributed by atoms with Crippen molar-refractivity contribution in [2.45, 2.75) is 18.9 Å². The fourth-order valence-electron chi connectivity index (χ4n) is 2.77. The average molecular weight is 396 g/mol. The van der Waals surface area contributed by atoms with Crippen LogP contribution in [0.1, 0.15) is 23.2 Å². The highest BCUT2D eigenvalue weighted by Gasteiger charge is 2.26. The SMILES string of the molecule is COc1ccc(Br)c(C(=O)NCC2CCCN2c2nccs2)c1. The lowest BCUT2D eigenvalue weighted by molar-refractivity contribution is 0.0950. The van der Waals surface area contributed by atoms with E-state index in [0.29, 0.717) is 23.9 Å². The van der Waals surface area contributed by atoms with Crippen LogP contribution in [-0.2, 0) is 0 Å². The van der Waals surface area contributed by atoms with E-state index in [1.807, 2.05) is 23.7 Å². The third kappa shape index (κ3) is 3.67. The molecule has 0 spiro atoms. The molecule has 1 amide bonds. The Bertz CT molecular complexity index is 678. The topological polar surface area (TPSA) is 54.5 Å². The van der Waals surface area contributed by atoms with E-state index in [0.717, 1.165) is 29.0 Å². The van der Waals surface area contributed by atoms with Gasteiger partial charge in [0, 0.05) is 35.2 Å². The fourth-order valence-corrected chi connectivity index (χ4v) is 3.94. The minimum absolute atomic E-state index is 0.0956. The molecule has 0 saturated carbocycles. The molecule has 122 valence electrons. The summed E-state index contributed by atoms with van der Waals surface area (Å²) in [6.07, 6.45) is 4.02. The summed E-state index contributed by atoms with van der Waals surface area (Å²) in [5, 5.41) is 6.05. The number of benzene rings is 1. The second kappa shape index (κ2) is 7.31. The summed E-state index contributed by atoms with van der Waals surface area (Å²) in [5.41, 5.74) is 0.586. The van der Waals surface area contributed by atoms with Crippen molar-refractivity contribution in [3.63, 3.8) is 0 Å². The van der Waals surface area contributed by atoms with E-state index in [4.69, 9.17) is 4.74 Å². The van der Waals surface area contributed by atoms with Crippen molar-refractivity contribution in [1.82, 2.24) is 10.3 Å². The number of halogens is 1. The zero-order valence-corrected chi connectivity index (χ0v) is 15.2. The Balaban J connectivity index is 1.65. The van der Waals surface area contributed by atoms with Gasteiger partial charge in [-0.3, -0.25) is 4.79 Å². The quantitative estimate of drug-likeness (QED) is 0.843. The Morgan fingerprint density at radius 1 is 1.57 bits per heavy atom. The van der Waals surface area contributed by atoms with Crippen LogP contribution < -0.4 is 15.0 Å². The minimum Gasteiger partial charge on any atom is -0.497 e. The van der Waals surface area contributed by atoms with Crippen molar-refractivity contribution < 1.29 is 9.53 Å². The van der Waals surface area contributed by atoms with Gasteiger partial charge in [0.15, 0.2) is 5.13 Å². The van der Waals surface area contributed by atoms with E-state index >= 15 is 0 Å². The van der Waals surface area contributed by atoms with Crippen LogP contribution in [0.5, 0.6) is 5.75 Å². The van der Waals surface area contributed by atoms with Gasteiger partial charge in [-0.25, -0.2) is 4.98 Å². The first kappa shape index (κ1) is 16.3. The number of hydrogen-bond acceptors (Lipinski definition) is 5. The number of ether oxygens (including phenoxy) is 1. The van der Waals surface area contributed by atoms with Gasteiger partial charge in [0.25, 0.3) is 5.91 Å². The van der Waals surface area contributed by atoms with Crippen molar-refractivity contribution in [3.8, 4) is 5.75 Å². The summed E-state index contributed by atoms with van der Waals surface area (Å²) < 4.78 is 5.95. The first-order chi connectivity index (χ1) is 11.2. The normalized spacial score (nSPS) is 17.3. The third-order valence-electron chi connectivity index (χ3n) is 3.96. The lowest BCUT2D eigenvalue weighted by Gasteiger charge is -2.24. The van der Waals surface area contributed by atoms with Crippen LogP contribution in [0, 0.1) is 0 Å². The molecule has 23 heavy (non-hydrogen) atoms. The van der Waals surface area contributed by atoms with Crippen LogP contribution in [0.25, 0.3) is 0 Å². The van der Waals surface area contributed by atoms with E-state index < -0.39 is 0 Å². The van der Waals surface area contributed by atoms with Gasteiger partial charge in [0.2, 0.25) is 0 Å². The first-order valence-electron chi connectivity index (χ1n) is 7.47. The number of thiazole rings is 1. The van der Waals surface area contributed by atoms with Crippen molar-refractivity contribution in [2.24, 2.45) is 0 Å². The lowest BCUT2D eigenvalue weighted by Crippen LogP contribution is -2.40. The molecule has 3 rings (SSSR count). The second-order valence-electron chi connectivity index (χ2n) is 5.36. The summed E-state index contributed by atoms with van der Waals surface area (Å²) in [6.45, 7) is 1.61. The summed E-state index contributed by atoms with van der Waals surface area (Å²) in [6, 6.07) is 5.69. The minimum atomic E-state index is -0.0956. The smallest absolute Gasteiger partial charge is 0.252 e. The number of carbonyl (C=O) groups is 1. The third-order valence-corrected chi connectivity index (χ3v) is 5.46. The number of hydrogen-bond donors (Lipinski definition) is 1. The number of methoxy groups -OCH3 is 1. The average Bonchev–Trinajstić information content (AvgIpc) is 3.23. The van der Waals surface area contributed by atoms with Gasteiger partial charge < -0.3 is 15.0 Å². The maximum atomic E-state index is 12.5. The standard InChI is InChI=1S/C16H18BrN3O2S/c1-22-12-4-5-14(17)13(9-12)15(21)19-10-11-3-2-7-20(11)16-18-6-8-23-16/h4-6,8-9,11H,2-3,7,10H2,1H3,(H,19,21). The molecule has 1 unspecified atom stereocenters. The predicted octanol–water partition coefficient (Wildman–Crippen LogP) is 3.31. The zero-order chi connectivity index (χ0) is 16.2. The number of aromatic nitrogens is 1. The fraction of sp³-hybridized carbons (Fsp3) is 0.375. The molecule has 1 aromatic carbocycles. The molecule has 0 aliphatic carbocycles. The van der Waals surface area contributed by atoms with E-state index in [9.17, 15) is 4.79 Å². The molecule has 1 atom stereocenters. The van der Waals surface area contributed by atoms with Gasteiger partial charge in [-0.2, -0.15) is 0 Å². The van der Waals surface area contributed by atoms with Crippen molar-refractivity contribution in [1.29, 1.82) is 0 Å². The summed E-state index contributed by atoms with van der Waals surface area (Å²) in [7, 11) is 1.59. The molecule has 1 aliphatic heterocycles. The molecule has 0 radical (unpaired) electrons. The number of nitrogens with one attached hydrogen (secondary N) is 1. The first-order valence-corrected chi connectivity index (χ1v) is 9.14. The molecule has 2 aromatic rings. The van der Waals surface area contributed by atoms with E-state index in [2.05, 4.69) is 31.1 Å². The van der Waals surface area contributed by atoms with Crippen LogP contribution in [0.15, 0.2) is 34.2 Å². The second-order valence-corrected chi connectivity index (χ2v) is 7.09. The Labute approximate surface area is 147 Å². The molecule has 1 saturated heterocycles. The van der Waals surface area contributed by atoms with Crippen LogP contribution in [0.4, 0.5) is 5.13 Å². The van der Waals surface area contributed by atoms with Crippen LogP contribution in [0.3, 0.4) is 0 Å². The highest BCUT2D eigenvalue weighted by atomic mass is 79.9. The van der Waals surface area contributed by atoms with Crippen molar-refractivity contribution in [2.75, 3.05) is 25.1 Å². The predicted molar refractivity (Wildman–Crippen MR) is 95.5 cm³/mol. The van der Waals surface area contributed by atoms with E-state index in [1.165, 1.54) is 0 Å². The monoisotopic (exact) mass is 395 g/mol. The molecule has 1 N–H and O–H groups in total. The summed E-state index contributed by atoms with van der Waals surface area (Å²) in [5.74, 6) is 0.574. The molecule has 1 aromatic heterocycles. The molecule has 0 bridgehead atoms. The molecular formula is C16H18BrN3O2S. The number of amides is 1. The highest BCUT2D eigenvalue weighted by molar-refractivity contribution is 9.10. The van der Waals surface area contributed by atoms with Gasteiger partial charge in [-0.05, 0) is 47.0 Å². The van der Waals surface area contributed by atoms with Gasteiger partial charge in [0.05, 0.1) is 12.7 Å². The Morgan fingerprint density at radius 2 is 2.43 bits per heavy atom. The maximum Gasteiger partial charge on any atom is 0.252 e. The lowest BCUT2D eigenvalue weighted by atomic mass is 10.2. The molecule has 1 aliphatic rings. The van der Waals surface area contributed by atoms with E-state index in [-0.39, 0.29) is 5.91 Å². The van der Waals surface area contributed by atoms with Gasteiger partial charge in [-0.15, -0.1) is 11.3 Å². The number of rotatable bonds is 5. The number of nitrogens with zero attached hydrogens (tertiary/aromatic N) is 2. The van der Waals surface area contributed by atoms with Crippen molar-refractivity contribution >= 4 is 38.3 Å². The zero-order valence-electron chi connectivity index (χ0n) is 12.8. The molecular weight excluding hydrogens is 378 g/mol. The Morgan fingerprint density at radius 3 is 3.17 bits per heavy atom. The van der Waals surface area contributed by atoms with Gasteiger partial charge >= 0.3 is 0 Å². The molecule has 1 fully saturated rings. The summed E-state index contributed by atoms with van der Waals surface area (Å²) >= 11 is 5.06. The number of anilines is 1. The van der Waals surface area contributed by atoms with Crippen molar-refractivity contribution in [3.05, 3.63) is 39.8 Å². The Hall–Kier alpha value is -1.60. The van der Waals surface area contributed by atoms with E-state index in [1.54, 1.807) is 24.5 Å². The highest BCUT2D eigenvalue weighted by Crippen LogP contribution is 2.27. The van der Waals surface area contributed by atoms with Crippen LogP contribution >= 0.6 is 27.3 Å². The Kier molecular flexibility index (Phi) is 5.17. The number of carbonyl (C=O) groups excluding carboxylic acids is 1. The maximum absolute atomic E-state index is 12.5. The molecule has 5 nitrogen and oxygen atoms in total. The largest absolute Gasteiger partial charge is 0.497 e. The van der Waals surface area contributed by atoms with Gasteiger partial charge in [0.1, 0.15) is 5.75 Å². The molecule has 7 heteroatoms. The van der Waals surface area contributed by atoms with Crippen LogP contribution in [-0.4, -0.2) is 37.1 Å². The molecule has 2 heterocycles. The summed E-state index contributed by atoms with van der Waals surface area (Å²) in [4.78, 5) is 19.1.